The third kappa shape index (κ3) is 3.70. The summed E-state index contributed by atoms with van der Waals surface area (Å²) in [6.45, 7) is 4.79. The molecule has 4 rings (SSSR count). The molecule has 1 amide bonds. The zero-order valence-corrected chi connectivity index (χ0v) is 15.2. The number of hydrogen-bond acceptors (Lipinski definition) is 6. The Morgan fingerprint density at radius 3 is 2.52 bits per heavy atom. The summed E-state index contributed by atoms with van der Waals surface area (Å²) in [5.41, 5.74) is 1.08. The number of hydrogen-bond donors (Lipinski definition) is 0. The van der Waals surface area contributed by atoms with Crippen molar-refractivity contribution in [3.63, 3.8) is 0 Å². The van der Waals surface area contributed by atoms with Crippen LogP contribution in [-0.4, -0.2) is 60.0 Å². The van der Waals surface area contributed by atoms with Crippen LogP contribution in [-0.2, 0) is 0 Å². The molecule has 0 bridgehead atoms. The molecule has 0 spiro atoms. The van der Waals surface area contributed by atoms with Gasteiger partial charge in [0.15, 0.2) is 0 Å². The van der Waals surface area contributed by atoms with E-state index >= 15 is 0 Å². The highest BCUT2D eigenvalue weighted by Gasteiger charge is 2.24. The third-order valence-corrected chi connectivity index (χ3v) is 5.15. The molecule has 0 aliphatic carbocycles. The number of nitriles is 1. The van der Waals surface area contributed by atoms with Gasteiger partial charge >= 0.3 is 0 Å². The second-order valence-electron chi connectivity index (χ2n) is 6.88. The molecule has 0 N–H and O–H groups in total. The van der Waals surface area contributed by atoms with Gasteiger partial charge in [0.1, 0.15) is 5.82 Å². The Balaban J connectivity index is 1.41. The van der Waals surface area contributed by atoms with Gasteiger partial charge in [-0.1, -0.05) is 6.07 Å². The Labute approximate surface area is 158 Å². The summed E-state index contributed by atoms with van der Waals surface area (Å²) >= 11 is 0. The molecular weight excluding hydrogens is 340 g/mol. The van der Waals surface area contributed by atoms with E-state index in [2.05, 4.69) is 20.9 Å². The first-order valence-corrected chi connectivity index (χ1v) is 9.37. The van der Waals surface area contributed by atoms with Crippen molar-refractivity contribution in [1.29, 1.82) is 5.26 Å². The van der Waals surface area contributed by atoms with Crippen LogP contribution in [0.25, 0.3) is 0 Å². The standard InChI is InChI=1S/C20H22N6O/c21-15-16-4-3-5-17(14-16)19(27)25-12-10-24(11-13-25)18-6-7-22-20(23-18)26-8-1-2-9-26/h3-7,14H,1-2,8-13H2. The first-order valence-electron chi connectivity index (χ1n) is 9.37. The number of anilines is 2. The minimum absolute atomic E-state index is 0.0211. The second kappa shape index (κ2) is 7.62. The molecule has 138 valence electrons. The maximum Gasteiger partial charge on any atom is 0.254 e. The van der Waals surface area contributed by atoms with Crippen molar-refractivity contribution < 1.29 is 4.79 Å². The molecule has 27 heavy (non-hydrogen) atoms. The number of amides is 1. The quantitative estimate of drug-likeness (QED) is 0.830. The highest BCUT2D eigenvalue weighted by molar-refractivity contribution is 5.94. The lowest BCUT2D eigenvalue weighted by Crippen LogP contribution is -2.49. The Hall–Kier alpha value is -3.14. The van der Waals surface area contributed by atoms with Crippen molar-refractivity contribution in [2.45, 2.75) is 12.8 Å². The monoisotopic (exact) mass is 362 g/mol. The van der Waals surface area contributed by atoms with E-state index in [-0.39, 0.29) is 5.91 Å². The van der Waals surface area contributed by atoms with Gasteiger partial charge in [0.05, 0.1) is 11.6 Å². The van der Waals surface area contributed by atoms with Crippen molar-refractivity contribution in [2.24, 2.45) is 0 Å². The molecule has 2 aromatic rings. The van der Waals surface area contributed by atoms with E-state index in [4.69, 9.17) is 10.2 Å². The Kier molecular flexibility index (Phi) is 4.88. The molecule has 0 atom stereocenters. The highest BCUT2D eigenvalue weighted by Crippen LogP contribution is 2.20. The zero-order valence-electron chi connectivity index (χ0n) is 15.2. The van der Waals surface area contributed by atoms with Crippen molar-refractivity contribution in [2.75, 3.05) is 49.1 Å². The highest BCUT2D eigenvalue weighted by atomic mass is 16.2. The summed E-state index contributed by atoms with van der Waals surface area (Å²) < 4.78 is 0. The Morgan fingerprint density at radius 1 is 1.00 bits per heavy atom. The number of aromatic nitrogens is 2. The molecular formula is C20H22N6O. The van der Waals surface area contributed by atoms with E-state index < -0.39 is 0 Å². The maximum absolute atomic E-state index is 12.7. The average molecular weight is 362 g/mol. The number of nitrogens with zero attached hydrogens (tertiary/aromatic N) is 6. The normalized spacial score (nSPS) is 17.1. The molecule has 7 nitrogen and oxygen atoms in total. The predicted molar refractivity (Wildman–Crippen MR) is 103 cm³/mol. The van der Waals surface area contributed by atoms with Gasteiger partial charge in [-0.2, -0.15) is 10.2 Å². The van der Waals surface area contributed by atoms with E-state index in [9.17, 15) is 4.79 Å². The number of benzene rings is 1. The molecule has 0 radical (unpaired) electrons. The molecule has 0 saturated carbocycles. The lowest BCUT2D eigenvalue weighted by atomic mass is 10.1. The molecule has 2 saturated heterocycles. The van der Waals surface area contributed by atoms with Crippen LogP contribution >= 0.6 is 0 Å². The van der Waals surface area contributed by atoms with Gasteiger partial charge in [-0.15, -0.1) is 0 Å². The number of rotatable bonds is 3. The van der Waals surface area contributed by atoms with Crippen LogP contribution in [0.4, 0.5) is 11.8 Å². The first-order chi connectivity index (χ1) is 13.2. The lowest BCUT2D eigenvalue weighted by molar-refractivity contribution is 0.0746. The molecule has 2 aliphatic rings. The van der Waals surface area contributed by atoms with Crippen molar-refractivity contribution in [3.8, 4) is 6.07 Å². The molecule has 7 heteroatoms. The molecule has 2 aliphatic heterocycles. The average Bonchev–Trinajstić information content (AvgIpc) is 3.28. The van der Waals surface area contributed by atoms with Crippen molar-refractivity contribution in [1.82, 2.24) is 14.9 Å². The molecule has 1 aromatic carbocycles. The van der Waals surface area contributed by atoms with Gasteiger partial charge in [-0.05, 0) is 37.1 Å². The summed E-state index contributed by atoms with van der Waals surface area (Å²) in [6.07, 6.45) is 4.21. The zero-order chi connectivity index (χ0) is 18.6. The van der Waals surface area contributed by atoms with E-state index in [1.165, 1.54) is 12.8 Å². The summed E-state index contributed by atoms with van der Waals surface area (Å²) in [5, 5.41) is 9.02. The van der Waals surface area contributed by atoms with E-state index in [1.807, 2.05) is 17.2 Å². The lowest BCUT2D eigenvalue weighted by Gasteiger charge is -2.35. The summed E-state index contributed by atoms with van der Waals surface area (Å²) in [6, 6.07) is 10.9. The fraction of sp³-hybridized carbons (Fsp3) is 0.400. The van der Waals surface area contributed by atoms with Gasteiger partial charge < -0.3 is 14.7 Å². The predicted octanol–water partition coefficient (Wildman–Crippen LogP) is 1.91. The van der Waals surface area contributed by atoms with Gasteiger partial charge in [-0.25, -0.2) is 4.98 Å². The van der Waals surface area contributed by atoms with E-state index in [0.29, 0.717) is 24.2 Å². The summed E-state index contributed by atoms with van der Waals surface area (Å²) in [7, 11) is 0. The van der Waals surface area contributed by atoms with Crippen LogP contribution < -0.4 is 9.80 Å². The fourth-order valence-corrected chi connectivity index (χ4v) is 3.63. The van der Waals surface area contributed by atoms with Crippen LogP contribution in [0.3, 0.4) is 0 Å². The minimum atomic E-state index is -0.0211. The fourth-order valence-electron chi connectivity index (χ4n) is 3.63. The van der Waals surface area contributed by atoms with Gasteiger partial charge in [0, 0.05) is 51.0 Å². The molecule has 3 heterocycles. The molecule has 2 fully saturated rings. The maximum atomic E-state index is 12.7. The van der Waals surface area contributed by atoms with Gasteiger partial charge in [0.25, 0.3) is 5.91 Å². The summed E-state index contributed by atoms with van der Waals surface area (Å²) in [5.74, 6) is 1.70. The van der Waals surface area contributed by atoms with Crippen molar-refractivity contribution in [3.05, 3.63) is 47.7 Å². The SMILES string of the molecule is N#Cc1cccc(C(=O)N2CCN(c3ccnc(N4CCCC4)n3)CC2)c1. The molecule has 0 unspecified atom stereocenters. The van der Waals surface area contributed by atoms with Crippen LogP contribution in [0.2, 0.25) is 0 Å². The number of piperazine rings is 1. The Morgan fingerprint density at radius 2 is 1.78 bits per heavy atom. The van der Waals surface area contributed by atoms with Crippen LogP contribution in [0, 0.1) is 11.3 Å². The molecule has 1 aromatic heterocycles. The topological polar surface area (TPSA) is 76.4 Å². The Bertz CT molecular complexity index is 863. The van der Waals surface area contributed by atoms with Crippen molar-refractivity contribution >= 4 is 17.7 Å². The van der Waals surface area contributed by atoms with E-state index in [1.54, 1.807) is 24.3 Å². The largest absolute Gasteiger partial charge is 0.353 e. The van der Waals surface area contributed by atoms with Crippen LogP contribution in [0.1, 0.15) is 28.8 Å². The minimum Gasteiger partial charge on any atom is -0.353 e. The number of carbonyl (C=O) groups excluding carboxylic acids is 1. The first kappa shape index (κ1) is 17.3. The van der Waals surface area contributed by atoms with Gasteiger partial charge in [-0.3, -0.25) is 4.79 Å². The second-order valence-corrected chi connectivity index (χ2v) is 6.88. The number of carbonyl (C=O) groups is 1. The van der Waals surface area contributed by atoms with Crippen LogP contribution in [0.15, 0.2) is 36.5 Å². The summed E-state index contributed by atoms with van der Waals surface area (Å²) in [4.78, 5) is 28.1. The van der Waals surface area contributed by atoms with E-state index in [0.717, 1.165) is 37.9 Å². The smallest absolute Gasteiger partial charge is 0.254 e. The third-order valence-electron chi connectivity index (χ3n) is 5.15. The van der Waals surface area contributed by atoms with Gasteiger partial charge in [0.2, 0.25) is 5.95 Å². The van der Waals surface area contributed by atoms with Crippen LogP contribution in [0.5, 0.6) is 0 Å².